The van der Waals surface area contributed by atoms with Crippen molar-refractivity contribution in [2.24, 2.45) is 4.99 Å². The zero-order chi connectivity index (χ0) is 16.5. The van der Waals surface area contributed by atoms with Gasteiger partial charge in [-0.05, 0) is 47.2 Å². The summed E-state index contributed by atoms with van der Waals surface area (Å²) in [5.74, 6) is 0.933. The topological polar surface area (TPSA) is 43.8 Å². The molecule has 1 N–H and O–H groups in total. The number of halogens is 1. The largest absolute Gasteiger partial charge is 0.356 e. The summed E-state index contributed by atoms with van der Waals surface area (Å²) in [6, 6.07) is 0.619. The molecule has 0 unspecified atom stereocenters. The number of guanidine groups is 1. The first-order valence-electron chi connectivity index (χ1n) is 7.97. The summed E-state index contributed by atoms with van der Waals surface area (Å²) in [5, 5.41) is 6.66. The Kier molecular flexibility index (Phi) is 11.8. The maximum atomic E-state index is 4.50. The minimum atomic E-state index is 0. The minimum Gasteiger partial charge on any atom is -0.356 e. The molecule has 0 amide bonds. The van der Waals surface area contributed by atoms with Gasteiger partial charge in [0.1, 0.15) is 0 Å². The molecule has 0 aliphatic carbocycles. The Hall–Kier alpha value is -0.410. The molecule has 0 saturated carbocycles. The number of nitrogens with one attached hydrogen (secondary N) is 1. The molecule has 5 nitrogen and oxygen atoms in total. The second-order valence-corrected chi connectivity index (χ2v) is 7.03. The lowest BCUT2D eigenvalue weighted by Crippen LogP contribution is -2.39. The van der Waals surface area contributed by atoms with Crippen LogP contribution < -0.4 is 5.32 Å². The fourth-order valence-corrected chi connectivity index (χ4v) is 2.73. The van der Waals surface area contributed by atoms with Gasteiger partial charge in [-0.15, -0.1) is 35.3 Å². The summed E-state index contributed by atoms with van der Waals surface area (Å²) in [6.45, 7) is 9.39. The Bertz CT molecular complexity index is 461. The molecule has 0 aliphatic rings. The normalized spacial score (nSPS) is 11.7. The first kappa shape index (κ1) is 22.6. The fourth-order valence-electron chi connectivity index (χ4n) is 2.13. The van der Waals surface area contributed by atoms with Crippen LogP contribution >= 0.6 is 35.3 Å². The van der Waals surface area contributed by atoms with E-state index in [1.807, 2.05) is 14.0 Å². The summed E-state index contributed by atoms with van der Waals surface area (Å²) < 4.78 is 0. The van der Waals surface area contributed by atoms with E-state index in [1.165, 1.54) is 6.42 Å². The third-order valence-corrected chi connectivity index (χ3v) is 4.56. The van der Waals surface area contributed by atoms with Gasteiger partial charge in [0.25, 0.3) is 0 Å². The molecule has 134 valence electrons. The van der Waals surface area contributed by atoms with Crippen LogP contribution in [0, 0.1) is 6.92 Å². The zero-order valence-electron chi connectivity index (χ0n) is 15.3. The molecule has 7 heteroatoms. The van der Waals surface area contributed by atoms with Gasteiger partial charge in [-0.2, -0.15) is 0 Å². The minimum absolute atomic E-state index is 0. The van der Waals surface area contributed by atoms with E-state index >= 15 is 0 Å². The monoisotopic (exact) mass is 453 g/mol. The lowest BCUT2D eigenvalue weighted by atomic mass is 10.2. The summed E-state index contributed by atoms with van der Waals surface area (Å²) in [4.78, 5) is 13.4. The van der Waals surface area contributed by atoms with Crippen LogP contribution in [0.1, 0.15) is 37.4 Å². The van der Waals surface area contributed by atoms with Crippen LogP contribution in [0.3, 0.4) is 0 Å². The van der Waals surface area contributed by atoms with Crippen LogP contribution in [0.15, 0.2) is 10.4 Å². The van der Waals surface area contributed by atoms with Gasteiger partial charge in [0.05, 0.1) is 17.2 Å². The first-order chi connectivity index (χ1) is 10.4. The van der Waals surface area contributed by atoms with Gasteiger partial charge in [0, 0.05) is 32.1 Å². The van der Waals surface area contributed by atoms with Crippen molar-refractivity contribution in [1.29, 1.82) is 0 Å². The van der Waals surface area contributed by atoms with Crippen molar-refractivity contribution < 1.29 is 0 Å². The van der Waals surface area contributed by atoms with Gasteiger partial charge < -0.3 is 15.1 Å². The number of aryl methyl sites for hydroxylation is 1. The Balaban J connectivity index is 0.00000484. The third-order valence-electron chi connectivity index (χ3n) is 3.74. The highest BCUT2D eigenvalue weighted by atomic mass is 127. The highest BCUT2D eigenvalue weighted by Gasteiger charge is 2.08. The smallest absolute Gasteiger partial charge is 0.193 e. The lowest BCUT2D eigenvalue weighted by molar-refractivity contribution is 0.268. The second kappa shape index (κ2) is 12.0. The molecule has 0 radical (unpaired) electrons. The number of hydrogen-bond donors (Lipinski definition) is 1. The number of aromatic nitrogens is 1. The number of rotatable bonds is 8. The molecule has 1 aromatic heterocycles. The van der Waals surface area contributed by atoms with E-state index in [4.69, 9.17) is 0 Å². The van der Waals surface area contributed by atoms with Crippen molar-refractivity contribution >= 4 is 41.3 Å². The molecule has 0 bridgehead atoms. The predicted molar refractivity (Wildman–Crippen MR) is 112 cm³/mol. The summed E-state index contributed by atoms with van der Waals surface area (Å²) in [5.41, 5.74) is 1.10. The van der Waals surface area contributed by atoms with Gasteiger partial charge in [0.15, 0.2) is 5.96 Å². The van der Waals surface area contributed by atoms with Crippen LogP contribution in [-0.4, -0.2) is 61.0 Å². The number of aliphatic imine (C=N–C) groups is 1. The van der Waals surface area contributed by atoms with Crippen LogP contribution in [0.25, 0.3) is 0 Å². The summed E-state index contributed by atoms with van der Waals surface area (Å²) in [7, 11) is 6.06. The maximum Gasteiger partial charge on any atom is 0.193 e. The first-order valence-corrected chi connectivity index (χ1v) is 8.85. The molecule has 1 aromatic rings. The molecule has 0 fully saturated rings. The van der Waals surface area contributed by atoms with E-state index in [0.717, 1.165) is 42.7 Å². The standard InChI is InChI=1S/C16H31N5S.HI/c1-13(2)20(5)10-8-7-9-18-16(17-4)21(6)11-15-12-22-14(3)19-15;/h12-13H,7-11H2,1-6H3,(H,17,18);1H. The van der Waals surface area contributed by atoms with Crippen LogP contribution in [0.4, 0.5) is 0 Å². The summed E-state index contributed by atoms with van der Waals surface area (Å²) in [6.07, 6.45) is 2.35. The summed E-state index contributed by atoms with van der Waals surface area (Å²) >= 11 is 1.69. The van der Waals surface area contributed by atoms with Crippen molar-refractivity contribution in [1.82, 2.24) is 20.1 Å². The average Bonchev–Trinajstić information content (AvgIpc) is 2.87. The molecule has 0 spiro atoms. The fraction of sp³-hybridized carbons (Fsp3) is 0.750. The van der Waals surface area contributed by atoms with Crippen LogP contribution in [0.5, 0.6) is 0 Å². The number of unbranched alkanes of at least 4 members (excludes halogenated alkanes) is 1. The van der Waals surface area contributed by atoms with E-state index in [-0.39, 0.29) is 24.0 Å². The molecule has 1 rings (SSSR count). The van der Waals surface area contributed by atoms with E-state index in [1.54, 1.807) is 11.3 Å². The molecular formula is C16H32IN5S. The van der Waals surface area contributed by atoms with Crippen molar-refractivity contribution in [3.05, 3.63) is 16.1 Å². The Morgan fingerprint density at radius 3 is 2.57 bits per heavy atom. The van der Waals surface area contributed by atoms with Crippen LogP contribution in [0.2, 0.25) is 0 Å². The van der Waals surface area contributed by atoms with Crippen LogP contribution in [-0.2, 0) is 6.54 Å². The molecule has 0 atom stereocenters. The quantitative estimate of drug-likeness (QED) is 0.284. The van der Waals surface area contributed by atoms with Crippen molar-refractivity contribution in [3.63, 3.8) is 0 Å². The van der Waals surface area contributed by atoms with E-state index in [2.05, 4.69) is 58.4 Å². The second-order valence-electron chi connectivity index (χ2n) is 5.97. The van der Waals surface area contributed by atoms with Gasteiger partial charge in [0.2, 0.25) is 0 Å². The highest BCUT2D eigenvalue weighted by molar-refractivity contribution is 14.0. The van der Waals surface area contributed by atoms with E-state index in [9.17, 15) is 0 Å². The highest BCUT2D eigenvalue weighted by Crippen LogP contribution is 2.09. The Morgan fingerprint density at radius 2 is 2.04 bits per heavy atom. The maximum absolute atomic E-state index is 4.50. The third kappa shape index (κ3) is 8.85. The van der Waals surface area contributed by atoms with Gasteiger partial charge in [-0.25, -0.2) is 4.98 Å². The molecule has 23 heavy (non-hydrogen) atoms. The Morgan fingerprint density at radius 1 is 1.35 bits per heavy atom. The number of hydrogen-bond acceptors (Lipinski definition) is 4. The van der Waals surface area contributed by atoms with Gasteiger partial charge in [-0.1, -0.05) is 0 Å². The molecule has 1 heterocycles. The Labute approximate surface area is 162 Å². The molecule has 0 aromatic carbocycles. The van der Waals surface area contributed by atoms with Gasteiger partial charge >= 0.3 is 0 Å². The zero-order valence-corrected chi connectivity index (χ0v) is 18.4. The predicted octanol–water partition coefficient (Wildman–Crippen LogP) is 3.20. The van der Waals surface area contributed by atoms with E-state index in [0.29, 0.717) is 6.04 Å². The number of thiazole rings is 1. The molecule has 0 aliphatic heterocycles. The SMILES string of the molecule is CN=C(NCCCCN(C)C(C)C)N(C)Cc1csc(C)n1.I. The van der Waals surface area contributed by atoms with Crippen molar-refractivity contribution in [2.75, 3.05) is 34.2 Å². The lowest BCUT2D eigenvalue weighted by Gasteiger charge is -2.22. The molecular weight excluding hydrogens is 421 g/mol. The van der Waals surface area contributed by atoms with Crippen molar-refractivity contribution in [3.8, 4) is 0 Å². The number of nitrogens with zero attached hydrogens (tertiary/aromatic N) is 4. The average molecular weight is 453 g/mol. The van der Waals surface area contributed by atoms with Crippen molar-refractivity contribution in [2.45, 2.75) is 46.2 Å². The molecule has 0 saturated heterocycles. The van der Waals surface area contributed by atoms with Gasteiger partial charge in [-0.3, -0.25) is 4.99 Å². The van der Waals surface area contributed by atoms with E-state index < -0.39 is 0 Å².